The van der Waals surface area contributed by atoms with E-state index in [2.05, 4.69) is 0 Å². The topological polar surface area (TPSA) is 96.6 Å². The molecule has 0 atom stereocenters. The first kappa shape index (κ1) is 13.5. The summed E-state index contributed by atoms with van der Waals surface area (Å²) in [7, 11) is 1.53. The molecule has 1 aromatic heterocycles. The van der Waals surface area contributed by atoms with Crippen molar-refractivity contribution in [1.29, 1.82) is 0 Å². The summed E-state index contributed by atoms with van der Waals surface area (Å²) < 4.78 is 1.37. The van der Waals surface area contributed by atoms with Crippen LogP contribution >= 0.6 is 0 Å². The molecule has 1 aromatic carbocycles. The first-order valence-corrected chi connectivity index (χ1v) is 5.69. The predicted molar refractivity (Wildman–Crippen MR) is 69.2 cm³/mol. The molecule has 102 valence electrons. The molecular weight excluding hydrogens is 262 g/mol. The summed E-state index contributed by atoms with van der Waals surface area (Å²) in [5.74, 6) is -3.10. The zero-order chi connectivity index (χ0) is 14.9. The molecule has 1 heterocycles. The van der Waals surface area contributed by atoms with Crippen molar-refractivity contribution >= 4 is 17.7 Å². The zero-order valence-electron chi connectivity index (χ0n) is 10.5. The molecule has 6 heteroatoms. The van der Waals surface area contributed by atoms with Gasteiger partial charge in [0.05, 0.1) is 11.1 Å². The van der Waals surface area contributed by atoms with Gasteiger partial charge < -0.3 is 14.8 Å². The second-order valence-electron chi connectivity index (χ2n) is 4.17. The Morgan fingerprint density at radius 1 is 0.900 bits per heavy atom. The van der Waals surface area contributed by atoms with E-state index in [-0.39, 0.29) is 22.4 Å². The molecule has 20 heavy (non-hydrogen) atoms. The first-order valence-electron chi connectivity index (χ1n) is 5.69. The number of hydrogen-bond donors (Lipinski definition) is 2. The van der Waals surface area contributed by atoms with E-state index < -0.39 is 17.7 Å². The Bertz CT molecular complexity index is 714. The Hall–Kier alpha value is -2.89. The quantitative estimate of drug-likeness (QED) is 0.825. The van der Waals surface area contributed by atoms with Crippen molar-refractivity contribution < 1.29 is 24.6 Å². The molecular formula is C14H11NO5. The Kier molecular flexibility index (Phi) is 3.39. The van der Waals surface area contributed by atoms with Gasteiger partial charge in [-0.1, -0.05) is 18.2 Å². The second-order valence-corrected chi connectivity index (χ2v) is 4.17. The molecule has 0 aliphatic rings. The van der Waals surface area contributed by atoms with Crippen LogP contribution in [0.2, 0.25) is 0 Å². The summed E-state index contributed by atoms with van der Waals surface area (Å²) in [6.45, 7) is 0. The number of aromatic carboxylic acids is 2. The van der Waals surface area contributed by atoms with E-state index in [0.717, 1.165) is 0 Å². The number of aromatic nitrogens is 1. The van der Waals surface area contributed by atoms with E-state index in [1.54, 1.807) is 0 Å². The number of rotatable bonds is 4. The van der Waals surface area contributed by atoms with E-state index in [1.165, 1.54) is 48.1 Å². The normalized spacial score (nSPS) is 10.2. The zero-order valence-corrected chi connectivity index (χ0v) is 10.5. The molecule has 0 radical (unpaired) electrons. The van der Waals surface area contributed by atoms with Crippen LogP contribution in [0.1, 0.15) is 36.8 Å². The summed E-state index contributed by atoms with van der Waals surface area (Å²) in [5.41, 5.74) is -0.400. The Morgan fingerprint density at radius 2 is 1.45 bits per heavy atom. The third-order valence-corrected chi connectivity index (χ3v) is 2.92. The van der Waals surface area contributed by atoms with Crippen molar-refractivity contribution in [3.63, 3.8) is 0 Å². The third-order valence-electron chi connectivity index (χ3n) is 2.92. The highest BCUT2D eigenvalue weighted by molar-refractivity contribution is 6.17. The molecule has 0 unspecified atom stereocenters. The predicted octanol–water partition coefficient (Wildman–Crippen LogP) is 1.65. The van der Waals surface area contributed by atoms with Gasteiger partial charge in [-0.25, -0.2) is 9.59 Å². The molecule has 0 saturated heterocycles. The number of carboxylic acid groups (broad SMARTS) is 2. The number of hydrogen-bond acceptors (Lipinski definition) is 3. The maximum absolute atomic E-state index is 12.4. The number of carboxylic acids is 2. The van der Waals surface area contributed by atoms with Crippen LogP contribution in [0.5, 0.6) is 0 Å². The molecule has 0 fully saturated rings. The number of ketones is 1. The molecule has 2 aromatic rings. The highest BCUT2D eigenvalue weighted by Crippen LogP contribution is 2.18. The number of nitrogens with zero attached hydrogens (tertiary/aromatic N) is 1. The lowest BCUT2D eigenvalue weighted by Crippen LogP contribution is -2.15. The van der Waals surface area contributed by atoms with E-state index in [4.69, 9.17) is 10.2 Å². The third kappa shape index (κ3) is 2.18. The largest absolute Gasteiger partial charge is 0.478 e. The maximum atomic E-state index is 12.4. The van der Waals surface area contributed by atoms with Crippen molar-refractivity contribution in [2.45, 2.75) is 0 Å². The molecule has 2 rings (SSSR count). The lowest BCUT2D eigenvalue weighted by Gasteiger charge is -2.07. The van der Waals surface area contributed by atoms with Crippen LogP contribution in [0.3, 0.4) is 0 Å². The van der Waals surface area contributed by atoms with Gasteiger partial charge in [0.2, 0.25) is 5.78 Å². The highest BCUT2D eigenvalue weighted by Gasteiger charge is 2.24. The van der Waals surface area contributed by atoms with Crippen molar-refractivity contribution in [1.82, 2.24) is 4.57 Å². The van der Waals surface area contributed by atoms with Gasteiger partial charge in [-0.15, -0.1) is 0 Å². The van der Waals surface area contributed by atoms with Crippen molar-refractivity contribution in [3.05, 3.63) is 58.9 Å². The summed E-state index contributed by atoms with van der Waals surface area (Å²) >= 11 is 0. The van der Waals surface area contributed by atoms with E-state index in [9.17, 15) is 14.4 Å². The molecule has 2 N–H and O–H groups in total. The van der Waals surface area contributed by atoms with Gasteiger partial charge in [0.25, 0.3) is 0 Å². The molecule has 0 amide bonds. The van der Waals surface area contributed by atoms with E-state index in [1.807, 2.05) is 0 Å². The number of aryl methyl sites for hydroxylation is 1. The van der Waals surface area contributed by atoms with Crippen LogP contribution < -0.4 is 0 Å². The minimum atomic E-state index is -1.24. The highest BCUT2D eigenvalue weighted by atomic mass is 16.4. The Balaban J connectivity index is 2.61. The number of benzene rings is 1. The average molecular weight is 273 g/mol. The van der Waals surface area contributed by atoms with Gasteiger partial charge in [-0.3, -0.25) is 4.79 Å². The summed E-state index contributed by atoms with van der Waals surface area (Å²) in [6, 6.07) is 7.01. The van der Waals surface area contributed by atoms with Crippen LogP contribution in [-0.4, -0.2) is 32.5 Å². The van der Waals surface area contributed by atoms with Crippen molar-refractivity contribution in [2.75, 3.05) is 0 Å². The summed E-state index contributed by atoms with van der Waals surface area (Å²) in [5, 5.41) is 18.2. The SMILES string of the molecule is Cn1ccc(C(=O)O)c1C(=O)c1ccccc1C(=O)O. The monoisotopic (exact) mass is 273 g/mol. The van der Waals surface area contributed by atoms with Gasteiger partial charge in [-0.2, -0.15) is 0 Å². The molecule has 0 bridgehead atoms. The van der Waals surface area contributed by atoms with E-state index in [0.29, 0.717) is 0 Å². The molecule has 0 aliphatic heterocycles. The van der Waals surface area contributed by atoms with Crippen LogP contribution in [0, 0.1) is 0 Å². The van der Waals surface area contributed by atoms with Crippen LogP contribution in [-0.2, 0) is 7.05 Å². The fourth-order valence-electron chi connectivity index (χ4n) is 1.98. The summed E-state index contributed by atoms with van der Waals surface area (Å²) in [6.07, 6.45) is 1.44. The standard InChI is InChI=1S/C14H11NO5/c1-15-7-6-10(14(19)20)11(15)12(16)8-4-2-3-5-9(8)13(17)18/h2-7H,1H3,(H,17,18)(H,19,20). The van der Waals surface area contributed by atoms with Crippen molar-refractivity contribution in [2.24, 2.45) is 7.05 Å². The van der Waals surface area contributed by atoms with E-state index >= 15 is 0 Å². The first-order chi connectivity index (χ1) is 9.43. The second kappa shape index (κ2) is 5.00. The minimum absolute atomic E-state index is 0.0377. The van der Waals surface area contributed by atoms with Gasteiger partial charge in [0, 0.05) is 18.8 Å². The molecule has 0 spiro atoms. The maximum Gasteiger partial charge on any atom is 0.338 e. The summed E-state index contributed by atoms with van der Waals surface area (Å²) in [4.78, 5) is 34.7. The lowest BCUT2D eigenvalue weighted by atomic mass is 10.00. The lowest BCUT2D eigenvalue weighted by molar-refractivity contribution is 0.0686. The molecule has 6 nitrogen and oxygen atoms in total. The number of carbonyl (C=O) groups excluding carboxylic acids is 1. The average Bonchev–Trinajstić information content (AvgIpc) is 2.80. The molecule has 0 aliphatic carbocycles. The molecule has 0 saturated carbocycles. The Labute approximate surface area is 113 Å². The fourth-order valence-corrected chi connectivity index (χ4v) is 1.98. The van der Waals surface area contributed by atoms with Crippen LogP contribution in [0.25, 0.3) is 0 Å². The Morgan fingerprint density at radius 3 is 2.00 bits per heavy atom. The number of carbonyl (C=O) groups is 3. The smallest absolute Gasteiger partial charge is 0.338 e. The van der Waals surface area contributed by atoms with Gasteiger partial charge in [-0.05, 0) is 12.1 Å². The van der Waals surface area contributed by atoms with Crippen LogP contribution in [0.15, 0.2) is 36.5 Å². The van der Waals surface area contributed by atoms with Crippen molar-refractivity contribution in [3.8, 4) is 0 Å². The van der Waals surface area contributed by atoms with Gasteiger partial charge in [0.1, 0.15) is 5.69 Å². The van der Waals surface area contributed by atoms with Gasteiger partial charge in [0.15, 0.2) is 0 Å². The fraction of sp³-hybridized carbons (Fsp3) is 0.0714. The van der Waals surface area contributed by atoms with Crippen LogP contribution in [0.4, 0.5) is 0 Å². The van der Waals surface area contributed by atoms with Gasteiger partial charge >= 0.3 is 11.9 Å². The minimum Gasteiger partial charge on any atom is -0.478 e.